The molecule has 1 heterocycles. The standard InChI is InChI=1S/C34H32F6N6OS/c1-21(2)30(29(47)15-27-17-43-20-45(27)18-23-12-10-22(16-41)11-13-23)31(42)46(19-24-6-3-4-9-28(24)34(38,39)40)32(48)44-26-8-5-7-25(14-26)33(35,36)37/h3-14,17,20-21,30-31H,15,18-19,42H2,1-2H3,(H,44,48)/t30-,31?/m1/s1. The lowest BCUT2D eigenvalue weighted by Crippen LogP contribution is -2.55. The average Bonchev–Trinajstić information content (AvgIpc) is 3.45. The van der Waals surface area contributed by atoms with Gasteiger partial charge in [0.05, 0.1) is 41.2 Å². The van der Waals surface area contributed by atoms with E-state index < -0.39 is 48.0 Å². The molecule has 48 heavy (non-hydrogen) atoms. The molecule has 0 spiro atoms. The number of hydrogen-bond acceptors (Lipinski definition) is 5. The summed E-state index contributed by atoms with van der Waals surface area (Å²) in [4.78, 5) is 19.3. The predicted molar refractivity (Wildman–Crippen MR) is 172 cm³/mol. The summed E-state index contributed by atoms with van der Waals surface area (Å²) in [5.74, 6) is -1.73. The number of ketones is 1. The van der Waals surface area contributed by atoms with Crippen LogP contribution in [-0.2, 0) is 36.7 Å². The maximum absolute atomic E-state index is 14.0. The number of Topliss-reactive ketones (excluding diaryl/α,β-unsaturated/α-hetero) is 1. The van der Waals surface area contributed by atoms with Gasteiger partial charge in [0.15, 0.2) is 5.11 Å². The van der Waals surface area contributed by atoms with E-state index in [1.54, 1.807) is 49.0 Å². The zero-order valence-electron chi connectivity index (χ0n) is 25.9. The van der Waals surface area contributed by atoms with Crippen LogP contribution in [-0.4, -0.2) is 31.5 Å². The first-order chi connectivity index (χ1) is 22.6. The third-order valence-corrected chi connectivity index (χ3v) is 8.11. The monoisotopic (exact) mass is 686 g/mol. The molecule has 14 heteroatoms. The number of imidazole rings is 1. The van der Waals surface area contributed by atoms with E-state index in [1.165, 1.54) is 41.4 Å². The Kier molecular flexibility index (Phi) is 11.3. The van der Waals surface area contributed by atoms with Crippen molar-refractivity contribution in [3.05, 3.63) is 119 Å². The Balaban J connectivity index is 1.65. The Hall–Kier alpha value is -4.74. The zero-order chi connectivity index (χ0) is 35.2. The summed E-state index contributed by atoms with van der Waals surface area (Å²) >= 11 is 5.55. The topological polar surface area (TPSA) is 100.0 Å². The first kappa shape index (κ1) is 36.1. The van der Waals surface area contributed by atoms with Gasteiger partial charge in [-0.2, -0.15) is 31.6 Å². The Bertz CT molecular complexity index is 1780. The molecule has 0 fully saturated rings. The smallest absolute Gasteiger partial charge is 0.333 e. The van der Waals surface area contributed by atoms with E-state index in [1.807, 2.05) is 0 Å². The number of halogens is 6. The lowest BCUT2D eigenvalue weighted by atomic mass is 9.86. The van der Waals surface area contributed by atoms with Gasteiger partial charge in [0.1, 0.15) is 5.78 Å². The minimum absolute atomic E-state index is 0.0599. The molecule has 3 aromatic carbocycles. The number of rotatable bonds is 11. The Morgan fingerprint density at radius 3 is 2.33 bits per heavy atom. The molecule has 0 saturated heterocycles. The molecule has 0 saturated carbocycles. The van der Waals surface area contributed by atoms with Crippen LogP contribution in [0.1, 0.15) is 47.4 Å². The normalized spacial score (nSPS) is 13.1. The number of thiocarbonyl (C=S) groups is 1. The van der Waals surface area contributed by atoms with Crippen LogP contribution in [0.4, 0.5) is 32.0 Å². The van der Waals surface area contributed by atoms with Crippen LogP contribution in [0.15, 0.2) is 85.3 Å². The van der Waals surface area contributed by atoms with Crippen molar-refractivity contribution in [1.82, 2.24) is 14.5 Å². The van der Waals surface area contributed by atoms with Crippen LogP contribution in [0.2, 0.25) is 0 Å². The first-order valence-electron chi connectivity index (χ1n) is 14.7. The summed E-state index contributed by atoms with van der Waals surface area (Å²) in [6.07, 6.45) is -7.68. The highest BCUT2D eigenvalue weighted by Gasteiger charge is 2.38. The largest absolute Gasteiger partial charge is 0.416 e. The van der Waals surface area contributed by atoms with E-state index in [0.717, 1.165) is 23.8 Å². The average molecular weight is 687 g/mol. The van der Waals surface area contributed by atoms with Crippen LogP contribution in [0, 0.1) is 23.2 Å². The van der Waals surface area contributed by atoms with E-state index in [-0.39, 0.29) is 28.6 Å². The van der Waals surface area contributed by atoms with Gasteiger partial charge in [-0.25, -0.2) is 4.98 Å². The molecule has 2 atom stereocenters. The highest BCUT2D eigenvalue weighted by molar-refractivity contribution is 7.80. The Morgan fingerprint density at radius 1 is 1.02 bits per heavy atom. The Morgan fingerprint density at radius 2 is 1.71 bits per heavy atom. The van der Waals surface area contributed by atoms with Crippen molar-refractivity contribution in [2.45, 2.75) is 51.9 Å². The quantitative estimate of drug-likeness (QED) is 0.0964. The van der Waals surface area contributed by atoms with Gasteiger partial charge in [-0.3, -0.25) is 4.79 Å². The highest BCUT2D eigenvalue weighted by atomic mass is 32.1. The molecule has 3 N–H and O–H groups in total. The number of nitriles is 1. The van der Waals surface area contributed by atoms with Gasteiger partial charge in [-0.15, -0.1) is 0 Å². The summed E-state index contributed by atoms with van der Waals surface area (Å²) in [6.45, 7) is 3.34. The zero-order valence-corrected chi connectivity index (χ0v) is 26.7. The number of hydrogen-bond donors (Lipinski definition) is 2. The predicted octanol–water partition coefficient (Wildman–Crippen LogP) is 7.41. The number of aromatic nitrogens is 2. The number of anilines is 1. The van der Waals surface area contributed by atoms with E-state index in [0.29, 0.717) is 17.8 Å². The maximum atomic E-state index is 14.0. The lowest BCUT2D eigenvalue weighted by Gasteiger charge is -2.38. The van der Waals surface area contributed by atoms with E-state index in [2.05, 4.69) is 16.4 Å². The van der Waals surface area contributed by atoms with Gasteiger partial charge in [0.2, 0.25) is 0 Å². The molecule has 7 nitrogen and oxygen atoms in total. The number of nitrogens with two attached hydrogens (primary N) is 1. The number of alkyl halides is 6. The highest BCUT2D eigenvalue weighted by Crippen LogP contribution is 2.34. The summed E-state index contributed by atoms with van der Waals surface area (Å²) in [6, 6.07) is 18.0. The van der Waals surface area contributed by atoms with Crippen molar-refractivity contribution in [1.29, 1.82) is 5.26 Å². The summed E-state index contributed by atoms with van der Waals surface area (Å²) in [5, 5.41) is 11.5. The van der Waals surface area contributed by atoms with Crippen LogP contribution in [0.25, 0.3) is 0 Å². The van der Waals surface area contributed by atoms with Crippen LogP contribution in [0.5, 0.6) is 0 Å². The molecular formula is C34H32F6N6OS. The number of nitrogens with one attached hydrogen (secondary N) is 1. The third kappa shape index (κ3) is 8.99. The van der Waals surface area contributed by atoms with Crippen molar-refractivity contribution in [2.24, 2.45) is 17.6 Å². The molecule has 0 amide bonds. The molecule has 4 rings (SSSR count). The van der Waals surface area contributed by atoms with Crippen LogP contribution >= 0.6 is 12.2 Å². The Labute approximate surface area is 279 Å². The molecule has 0 radical (unpaired) electrons. The second-order valence-corrected chi connectivity index (χ2v) is 11.9. The third-order valence-electron chi connectivity index (χ3n) is 7.77. The number of benzene rings is 3. The van der Waals surface area contributed by atoms with Crippen molar-refractivity contribution in [3.63, 3.8) is 0 Å². The SMILES string of the molecule is CC(C)[C@H](C(=O)Cc1cncn1Cc1ccc(C#N)cc1)C(N)N(Cc1ccccc1C(F)(F)F)C(=S)Nc1cccc(C(F)(F)F)c1. The van der Waals surface area contributed by atoms with Crippen molar-refractivity contribution >= 4 is 28.8 Å². The van der Waals surface area contributed by atoms with Gasteiger partial charge in [-0.05, 0) is 65.7 Å². The maximum Gasteiger partial charge on any atom is 0.416 e. The molecule has 0 aliphatic rings. The van der Waals surface area contributed by atoms with Crippen LogP contribution < -0.4 is 11.1 Å². The first-order valence-corrected chi connectivity index (χ1v) is 15.2. The minimum atomic E-state index is -4.72. The van der Waals surface area contributed by atoms with Gasteiger partial charge >= 0.3 is 12.4 Å². The molecule has 1 aromatic heterocycles. The number of carbonyl (C=O) groups is 1. The van der Waals surface area contributed by atoms with Gasteiger partial charge < -0.3 is 20.5 Å². The van der Waals surface area contributed by atoms with E-state index in [4.69, 9.17) is 23.2 Å². The number of nitrogens with zero attached hydrogens (tertiary/aromatic N) is 4. The van der Waals surface area contributed by atoms with Crippen molar-refractivity contribution in [3.8, 4) is 6.07 Å². The summed E-state index contributed by atoms with van der Waals surface area (Å²) in [7, 11) is 0. The fourth-order valence-electron chi connectivity index (χ4n) is 5.37. The molecule has 0 bridgehead atoms. The van der Waals surface area contributed by atoms with Crippen LogP contribution in [0.3, 0.4) is 0 Å². The van der Waals surface area contributed by atoms with Gasteiger partial charge in [-0.1, -0.05) is 50.2 Å². The second kappa shape index (κ2) is 15.0. The van der Waals surface area contributed by atoms with Crippen molar-refractivity contribution in [2.75, 3.05) is 5.32 Å². The number of carbonyl (C=O) groups excluding carboxylic acids is 1. The fourth-order valence-corrected chi connectivity index (χ4v) is 5.67. The molecule has 4 aromatic rings. The minimum Gasteiger partial charge on any atom is -0.333 e. The fraction of sp³-hybridized carbons (Fsp3) is 0.294. The van der Waals surface area contributed by atoms with Gasteiger partial charge in [0.25, 0.3) is 0 Å². The van der Waals surface area contributed by atoms with Crippen molar-refractivity contribution < 1.29 is 31.1 Å². The van der Waals surface area contributed by atoms with E-state index >= 15 is 0 Å². The molecular weight excluding hydrogens is 654 g/mol. The summed E-state index contributed by atoms with van der Waals surface area (Å²) < 4.78 is 83.9. The second-order valence-electron chi connectivity index (χ2n) is 11.5. The molecule has 252 valence electrons. The van der Waals surface area contributed by atoms with E-state index in [9.17, 15) is 31.1 Å². The lowest BCUT2D eigenvalue weighted by molar-refractivity contribution is -0.139. The molecule has 0 aliphatic carbocycles. The summed E-state index contributed by atoms with van der Waals surface area (Å²) in [5.41, 5.74) is 6.47. The van der Waals surface area contributed by atoms with Gasteiger partial charge in [0, 0.05) is 37.1 Å². The molecule has 1 unspecified atom stereocenters. The molecule has 0 aliphatic heterocycles.